The standard InChI is InChI=1S/C29H38F3N5O3S/c1-15(26(38)34-14-28(2,3)40)35-24(27(39)37-18-8-9-19(37)11-10-18)25(41)20-13-33-22(12-21(20)29(30,31)32)36-23(16-4-5-16)17-6-7-17/h12-13,16-19,23-24,40H,4-11,14H2,1-3H3,(H,33,36)(H,34,38)/b35-15+. The minimum Gasteiger partial charge on any atom is -0.389 e. The number of nitrogens with zero attached hydrogens (tertiary/aromatic N) is 3. The number of carbonyl (C=O) groups excluding carboxylic acids is 2. The Morgan fingerprint density at radius 1 is 1.10 bits per heavy atom. The summed E-state index contributed by atoms with van der Waals surface area (Å²) >= 11 is 5.58. The van der Waals surface area contributed by atoms with E-state index in [9.17, 15) is 27.9 Å². The topological polar surface area (TPSA) is 107 Å². The number of alkyl halides is 3. The number of carbonyl (C=O) groups is 2. The number of anilines is 1. The van der Waals surface area contributed by atoms with E-state index in [1.165, 1.54) is 20.8 Å². The van der Waals surface area contributed by atoms with Crippen molar-refractivity contribution >= 4 is 40.4 Å². The van der Waals surface area contributed by atoms with E-state index in [0.29, 0.717) is 11.8 Å². The summed E-state index contributed by atoms with van der Waals surface area (Å²) in [4.78, 5) is 36.6. The molecule has 1 atom stereocenters. The highest BCUT2D eigenvalue weighted by molar-refractivity contribution is 7.81. The van der Waals surface area contributed by atoms with Crippen LogP contribution in [0.1, 0.15) is 83.3 Å². The van der Waals surface area contributed by atoms with Crippen molar-refractivity contribution in [2.45, 2.75) is 108 Å². The number of fused-ring (bicyclic) bond motifs is 2. The zero-order chi connectivity index (χ0) is 29.7. The zero-order valence-corrected chi connectivity index (χ0v) is 24.4. The number of nitrogens with one attached hydrogen (secondary N) is 2. The summed E-state index contributed by atoms with van der Waals surface area (Å²) in [5, 5.41) is 15.7. The molecular weight excluding hydrogens is 555 g/mol. The van der Waals surface area contributed by atoms with Gasteiger partial charge in [0.1, 0.15) is 5.82 Å². The second kappa shape index (κ2) is 11.2. The number of aliphatic imine (C=N–C) groups is 1. The second-order valence-corrected chi connectivity index (χ2v) is 13.1. The number of thiocarbonyl (C=S) groups is 1. The number of hydrogen-bond donors (Lipinski definition) is 3. The molecule has 2 saturated carbocycles. The lowest BCUT2D eigenvalue weighted by molar-refractivity contribution is -0.138. The molecule has 224 valence electrons. The van der Waals surface area contributed by atoms with Crippen LogP contribution >= 0.6 is 12.2 Å². The van der Waals surface area contributed by atoms with Crippen molar-refractivity contribution in [3.8, 4) is 0 Å². The van der Waals surface area contributed by atoms with E-state index >= 15 is 0 Å². The van der Waals surface area contributed by atoms with Gasteiger partial charge in [-0.25, -0.2) is 4.98 Å². The maximum absolute atomic E-state index is 14.4. The van der Waals surface area contributed by atoms with Crippen molar-refractivity contribution in [2.75, 3.05) is 11.9 Å². The first-order valence-electron chi connectivity index (χ1n) is 14.5. The summed E-state index contributed by atoms with van der Waals surface area (Å²) in [5.41, 5.74) is -2.66. The van der Waals surface area contributed by atoms with Gasteiger partial charge in [0.15, 0.2) is 6.04 Å². The molecule has 1 unspecified atom stereocenters. The molecule has 4 aliphatic rings. The van der Waals surface area contributed by atoms with Crippen LogP contribution in [0.4, 0.5) is 19.0 Å². The van der Waals surface area contributed by atoms with E-state index in [2.05, 4.69) is 20.6 Å². The Labute approximate surface area is 243 Å². The summed E-state index contributed by atoms with van der Waals surface area (Å²) in [6.07, 6.45) is 3.87. The van der Waals surface area contributed by atoms with Gasteiger partial charge < -0.3 is 20.6 Å². The Morgan fingerprint density at radius 2 is 1.66 bits per heavy atom. The molecule has 2 aliphatic heterocycles. The van der Waals surface area contributed by atoms with Crippen LogP contribution in [0.3, 0.4) is 0 Å². The molecule has 2 aliphatic carbocycles. The van der Waals surface area contributed by atoms with Gasteiger partial charge in [-0.2, -0.15) is 13.2 Å². The first-order chi connectivity index (χ1) is 19.2. The average Bonchev–Trinajstić information content (AvgIpc) is 3.85. The van der Waals surface area contributed by atoms with E-state index in [0.717, 1.165) is 63.6 Å². The summed E-state index contributed by atoms with van der Waals surface area (Å²) < 4.78 is 43.3. The molecule has 0 spiro atoms. The molecule has 5 rings (SSSR count). The SMILES string of the molecule is C/C(=N\C(C(=O)N1C2CCC1CC2)C(=S)c1cnc(NC(C2CC2)C2CC2)cc1C(F)(F)F)C(=O)NCC(C)(C)O. The number of aliphatic hydroxyl groups is 1. The fraction of sp³-hybridized carbons (Fsp3) is 0.690. The highest BCUT2D eigenvalue weighted by Crippen LogP contribution is 2.46. The number of amides is 2. The monoisotopic (exact) mass is 593 g/mol. The molecule has 1 aromatic heterocycles. The molecule has 12 heteroatoms. The van der Waals surface area contributed by atoms with Gasteiger partial charge in [-0.1, -0.05) is 12.2 Å². The van der Waals surface area contributed by atoms with Gasteiger partial charge in [0.2, 0.25) is 0 Å². The molecule has 0 aromatic carbocycles. The lowest BCUT2D eigenvalue weighted by Gasteiger charge is -2.27. The van der Waals surface area contributed by atoms with Gasteiger partial charge in [0, 0.05) is 36.4 Å². The summed E-state index contributed by atoms with van der Waals surface area (Å²) in [6.45, 7) is 4.35. The third kappa shape index (κ3) is 6.90. The second-order valence-electron chi connectivity index (χ2n) is 12.6. The van der Waals surface area contributed by atoms with E-state index < -0.39 is 35.2 Å². The largest absolute Gasteiger partial charge is 0.417 e. The highest BCUT2D eigenvalue weighted by Gasteiger charge is 2.47. The van der Waals surface area contributed by atoms with Crippen molar-refractivity contribution in [3.63, 3.8) is 0 Å². The fourth-order valence-electron chi connectivity index (χ4n) is 6.13. The van der Waals surface area contributed by atoms with Crippen LogP contribution in [-0.2, 0) is 15.8 Å². The van der Waals surface area contributed by atoms with Crippen molar-refractivity contribution in [2.24, 2.45) is 16.8 Å². The fourth-order valence-corrected chi connectivity index (χ4v) is 6.45. The van der Waals surface area contributed by atoms with Crippen LogP contribution in [0.25, 0.3) is 0 Å². The molecule has 2 bridgehead atoms. The van der Waals surface area contributed by atoms with Crippen LogP contribution in [0.2, 0.25) is 0 Å². The molecule has 3 heterocycles. The molecule has 0 radical (unpaired) electrons. The first kappa shape index (κ1) is 29.9. The third-order valence-corrected chi connectivity index (χ3v) is 9.01. The van der Waals surface area contributed by atoms with Crippen molar-refractivity contribution < 1.29 is 27.9 Å². The van der Waals surface area contributed by atoms with Gasteiger partial charge in [-0.15, -0.1) is 0 Å². The Bertz CT molecular complexity index is 1210. The van der Waals surface area contributed by atoms with Crippen LogP contribution < -0.4 is 10.6 Å². The minimum absolute atomic E-state index is 0.00844. The molecular formula is C29H38F3N5O3S. The third-order valence-electron chi connectivity index (χ3n) is 8.57. The normalized spacial score (nSPS) is 23.6. The predicted octanol–water partition coefficient (Wildman–Crippen LogP) is 4.29. The quantitative estimate of drug-likeness (QED) is 0.201. The van der Waals surface area contributed by atoms with Gasteiger partial charge in [0.25, 0.3) is 11.8 Å². The lowest BCUT2D eigenvalue weighted by atomic mass is 10.00. The number of pyridine rings is 1. The van der Waals surface area contributed by atoms with Gasteiger partial charge in [-0.05, 0) is 90.0 Å². The Hall–Kier alpha value is -2.60. The van der Waals surface area contributed by atoms with E-state index in [1.54, 1.807) is 4.90 Å². The van der Waals surface area contributed by atoms with Crippen molar-refractivity contribution in [3.05, 3.63) is 23.4 Å². The summed E-state index contributed by atoms with van der Waals surface area (Å²) in [5.74, 6) is -0.0856. The molecule has 8 nitrogen and oxygen atoms in total. The van der Waals surface area contributed by atoms with E-state index in [-0.39, 0.29) is 46.6 Å². The first-order valence-corrected chi connectivity index (χ1v) is 14.9. The number of aromatic nitrogens is 1. The number of rotatable bonds is 11. The molecule has 3 N–H and O–H groups in total. The summed E-state index contributed by atoms with van der Waals surface area (Å²) in [7, 11) is 0. The zero-order valence-electron chi connectivity index (χ0n) is 23.6. The molecule has 4 fully saturated rings. The predicted molar refractivity (Wildman–Crippen MR) is 153 cm³/mol. The van der Waals surface area contributed by atoms with Crippen molar-refractivity contribution in [1.29, 1.82) is 0 Å². The molecule has 1 aromatic rings. The van der Waals surface area contributed by atoms with Crippen LogP contribution in [0, 0.1) is 11.8 Å². The molecule has 2 amide bonds. The lowest BCUT2D eigenvalue weighted by Crippen LogP contribution is -2.46. The number of halogens is 3. The summed E-state index contributed by atoms with van der Waals surface area (Å²) in [6, 6.07) is -0.424. The van der Waals surface area contributed by atoms with Crippen molar-refractivity contribution in [1.82, 2.24) is 15.2 Å². The van der Waals surface area contributed by atoms with Crippen LogP contribution in [0.5, 0.6) is 0 Å². The van der Waals surface area contributed by atoms with E-state index in [1.807, 2.05) is 0 Å². The van der Waals surface area contributed by atoms with Gasteiger partial charge in [-0.3, -0.25) is 14.6 Å². The highest BCUT2D eigenvalue weighted by atomic mass is 32.1. The maximum atomic E-state index is 14.4. The minimum atomic E-state index is -4.75. The van der Waals surface area contributed by atoms with Crippen LogP contribution in [0.15, 0.2) is 17.3 Å². The van der Waals surface area contributed by atoms with E-state index in [4.69, 9.17) is 12.2 Å². The smallest absolute Gasteiger partial charge is 0.389 e. The van der Waals surface area contributed by atoms with Gasteiger partial charge in [0.05, 0.1) is 21.7 Å². The molecule has 2 saturated heterocycles. The Balaban J connectivity index is 1.46. The Kier molecular flexibility index (Phi) is 8.19. The van der Waals surface area contributed by atoms with Crippen LogP contribution in [-0.4, -0.2) is 73.7 Å². The van der Waals surface area contributed by atoms with Gasteiger partial charge >= 0.3 is 6.18 Å². The maximum Gasteiger partial charge on any atom is 0.417 e. The average molecular weight is 594 g/mol. The molecule has 41 heavy (non-hydrogen) atoms. The number of hydrogen-bond acceptors (Lipinski definition) is 7. The Morgan fingerprint density at radius 3 is 2.15 bits per heavy atom.